The summed E-state index contributed by atoms with van der Waals surface area (Å²) in [7, 11) is -3.09. The van der Waals surface area contributed by atoms with Gasteiger partial charge < -0.3 is 5.32 Å². The van der Waals surface area contributed by atoms with Gasteiger partial charge in [-0.05, 0) is 36.4 Å². The predicted molar refractivity (Wildman–Crippen MR) is 95.4 cm³/mol. The van der Waals surface area contributed by atoms with Gasteiger partial charge in [0.2, 0.25) is 15.7 Å². The van der Waals surface area contributed by atoms with Crippen molar-refractivity contribution in [3.05, 3.63) is 59.0 Å². The average Bonchev–Trinajstić information content (AvgIpc) is 2.87. The molecule has 3 aromatic rings. The summed E-state index contributed by atoms with van der Waals surface area (Å²) in [6, 6.07) is 11.4. The number of halogens is 2. The number of amides is 1. The highest BCUT2D eigenvalue weighted by Gasteiger charge is 2.26. The number of aromatic nitrogens is 2. The van der Waals surface area contributed by atoms with E-state index >= 15 is 0 Å². The second-order valence-corrected chi connectivity index (χ2v) is 7.71. The maximum absolute atomic E-state index is 12.5. The third kappa shape index (κ3) is 3.47. The molecule has 3 rings (SSSR count). The molecule has 142 valence electrons. The minimum atomic E-state index is -4.69. The van der Waals surface area contributed by atoms with E-state index in [2.05, 4.69) is 5.32 Å². The summed E-state index contributed by atoms with van der Waals surface area (Å²) in [6.45, 7) is -0.253. The van der Waals surface area contributed by atoms with Gasteiger partial charge in [0.05, 0.1) is 15.9 Å². The number of hydrogen-bond acceptors (Lipinski definition) is 4. The van der Waals surface area contributed by atoms with Crippen LogP contribution in [0.1, 0.15) is 0 Å². The number of hydrogen-bond donors (Lipinski definition) is 1. The number of fused-ring (bicyclic) bond motifs is 1. The molecule has 0 aliphatic heterocycles. The Labute approximate surface area is 152 Å². The lowest BCUT2D eigenvalue weighted by molar-refractivity contribution is -0.116. The van der Waals surface area contributed by atoms with Gasteiger partial charge >= 0.3 is 11.4 Å². The first-order chi connectivity index (χ1) is 12.7. The molecule has 0 bridgehead atoms. The average molecular weight is 395 g/mol. The lowest BCUT2D eigenvalue weighted by Gasteiger charge is -2.08. The van der Waals surface area contributed by atoms with Crippen molar-refractivity contribution in [2.24, 2.45) is 7.05 Å². The van der Waals surface area contributed by atoms with Crippen molar-refractivity contribution in [3.63, 3.8) is 0 Å². The molecule has 1 aromatic heterocycles. The molecule has 1 N–H and O–H groups in total. The van der Waals surface area contributed by atoms with Gasteiger partial charge in [0, 0.05) is 12.7 Å². The second-order valence-electron chi connectivity index (χ2n) is 5.79. The molecule has 0 saturated heterocycles. The van der Waals surface area contributed by atoms with Crippen LogP contribution in [0, 0.1) is 0 Å². The summed E-state index contributed by atoms with van der Waals surface area (Å²) in [5.41, 5.74) is 1.14. The number of aryl methyl sites for hydroxylation is 1. The Bertz CT molecular complexity index is 1170. The van der Waals surface area contributed by atoms with Gasteiger partial charge in [-0.15, -0.1) is 0 Å². The molecule has 27 heavy (non-hydrogen) atoms. The smallest absolute Gasteiger partial charge is 0.325 e. The standard InChI is InChI=1S/C17H15F2N3O4S/c1-21-13-4-2-3-5-14(13)22(17(21)24)10-15(23)20-11-6-8-12(9-7-11)27(25,26)16(18)19/h2-9,16H,10H2,1H3,(H,20,23). The van der Waals surface area contributed by atoms with Crippen LogP contribution in [0.5, 0.6) is 0 Å². The van der Waals surface area contributed by atoms with E-state index in [-0.39, 0.29) is 17.9 Å². The highest BCUT2D eigenvalue weighted by molar-refractivity contribution is 7.91. The van der Waals surface area contributed by atoms with Crippen molar-refractivity contribution in [2.75, 3.05) is 5.32 Å². The molecule has 0 unspecified atom stereocenters. The zero-order valence-corrected chi connectivity index (χ0v) is 14.9. The number of nitrogens with zero attached hydrogens (tertiary/aromatic N) is 2. The van der Waals surface area contributed by atoms with Crippen molar-refractivity contribution in [2.45, 2.75) is 17.2 Å². The molecular formula is C17H15F2N3O4S. The number of para-hydroxylation sites is 2. The summed E-state index contributed by atoms with van der Waals surface area (Å²) in [5.74, 6) is -4.03. The normalized spacial score (nSPS) is 11.9. The molecule has 0 fully saturated rings. The molecule has 7 nitrogen and oxygen atoms in total. The van der Waals surface area contributed by atoms with E-state index in [0.29, 0.717) is 11.0 Å². The molecule has 1 amide bonds. The van der Waals surface area contributed by atoms with Crippen molar-refractivity contribution in [1.29, 1.82) is 0 Å². The lowest BCUT2D eigenvalue weighted by Crippen LogP contribution is -2.28. The van der Waals surface area contributed by atoms with E-state index in [0.717, 1.165) is 12.1 Å². The van der Waals surface area contributed by atoms with E-state index in [1.165, 1.54) is 21.3 Å². The largest absolute Gasteiger partial charge is 0.341 e. The molecule has 0 radical (unpaired) electrons. The first-order valence-electron chi connectivity index (χ1n) is 7.78. The van der Waals surface area contributed by atoms with Gasteiger partial charge in [0.15, 0.2) is 0 Å². The van der Waals surface area contributed by atoms with Crippen LogP contribution >= 0.6 is 0 Å². The van der Waals surface area contributed by atoms with Crippen molar-refractivity contribution < 1.29 is 22.0 Å². The minimum absolute atomic E-state index is 0.224. The highest BCUT2D eigenvalue weighted by atomic mass is 32.2. The quantitative estimate of drug-likeness (QED) is 0.715. The van der Waals surface area contributed by atoms with Crippen LogP contribution in [-0.4, -0.2) is 29.2 Å². The van der Waals surface area contributed by atoms with E-state index in [1.54, 1.807) is 31.3 Å². The number of sulfone groups is 1. The molecule has 0 aliphatic rings. The van der Waals surface area contributed by atoms with E-state index in [1.807, 2.05) is 0 Å². The molecule has 0 atom stereocenters. The molecule has 0 spiro atoms. The fourth-order valence-corrected chi connectivity index (χ4v) is 3.41. The predicted octanol–water partition coefficient (Wildman–Crippen LogP) is 1.97. The summed E-state index contributed by atoms with van der Waals surface area (Å²) in [4.78, 5) is 24.0. The van der Waals surface area contributed by atoms with Crippen LogP contribution in [0.2, 0.25) is 0 Å². The maximum Gasteiger partial charge on any atom is 0.341 e. The van der Waals surface area contributed by atoms with E-state index < -0.39 is 26.4 Å². The first kappa shape index (κ1) is 18.8. The summed E-state index contributed by atoms with van der Waals surface area (Å²) in [5, 5.41) is 2.51. The Morgan fingerprint density at radius 3 is 2.26 bits per heavy atom. The summed E-state index contributed by atoms with van der Waals surface area (Å²) < 4.78 is 50.6. The lowest BCUT2D eigenvalue weighted by atomic mass is 10.3. The summed E-state index contributed by atoms with van der Waals surface area (Å²) >= 11 is 0. The Balaban J connectivity index is 1.80. The zero-order chi connectivity index (χ0) is 19.8. The monoisotopic (exact) mass is 395 g/mol. The topological polar surface area (TPSA) is 90.2 Å². The van der Waals surface area contributed by atoms with Gasteiger partial charge in [-0.3, -0.25) is 13.9 Å². The Morgan fingerprint density at radius 1 is 1.07 bits per heavy atom. The number of anilines is 1. The van der Waals surface area contributed by atoms with Gasteiger partial charge in [-0.1, -0.05) is 12.1 Å². The number of alkyl halides is 2. The maximum atomic E-state index is 12.5. The number of imidazole rings is 1. The fraction of sp³-hybridized carbons (Fsp3) is 0.176. The highest BCUT2D eigenvalue weighted by Crippen LogP contribution is 2.20. The van der Waals surface area contributed by atoms with Crippen LogP contribution in [0.3, 0.4) is 0 Å². The number of benzene rings is 2. The van der Waals surface area contributed by atoms with Crippen molar-refractivity contribution in [1.82, 2.24) is 9.13 Å². The molecular weight excluding hydrogens is 380 g/mol. The number of rotatable bonds is 5. The molecule has 0 aliphatic carbocycles. The minimum Gasteiger partial charge on any atom is -0.325 e. The molecule has 1 heterocycles. The van der Waals surface area contributed by atoms with Gasteiger partial charge in [0.1, 0.15) is 6.54 Å². The Kier molecular flexibility index (Phi) is 4.83. The van der Waals surface area contributed by atoms with Crippen LogP contribution in [0.15, 0.2) is 58.2 Å². The Morgan fingerprint density at radius 2 is 1.67 bits per heavy atom. The zero-order valence-electron chi connectivity index (χ0n) is 14.1. The Hall–Kier alpha value is -3.01. The first-order valence-corrected chi connectivity index (χ1v) is 9.32. The second kappa shape index (κ2) is 6.95. The van der Waals surface area contributed by atoms with Gasteiger partial charge in [0.25, 0.3) is 0 Å². The fourth-order valence-electron chi connectivity index (χ4n) is 2.69. The number of carbonyl (C=O) groups excluding carboxylic acids is 1. The van der Waals surface area contributed by atoms with Crippen molar-refractivity contribution >= 4 is 32.5 Å². The van der Waals surface area contributed by atoms with E-state index in [4.69, 9.17) is 0 Å². The third-order valence-corrected chi connectivity index (χ3v) is 5.45. The van der Waals surface area contributed by atoms with Gasteiger partial charge in [-0.2, -0.15) is 8.78 Å². The third-order valence-electron chi connectivity index (χ3n) is 4.05. The number of nitrogens with one attached hydrogen (secondary N) is 1. The molecule has 10 heteroatoms. The summed E-state index contributed by atoms with van der Waals surface area (Å²) in [6.07, 6.45) is 0. The van der Waals surface area contributed by atoms with Gasteiger partial charge in [-0.25, -0.2) is 13.2 Å². The molecule has 0 saturated carbocycles. The number of carbonyl (C=O) groups is 1. The molecule has 2 aromatic carbocycles. The van der Waals surface area contributed by atoms with Crippen LogP contribution in [0.4, 0.5) is 14.5 Å². The van der Waals surface area contributed by atoms with Crippen LogP contribution in [0.25, 0.3) is 11.0 Å². The van der Waals surface area contributed by atoms with Crippen LogP contribution in [-0.2, 0) is 28.2 Å². The SMILES string of the molecule is Cn1c(=O)n(CC(=O)Nc2ccc(S(=O)(=O)C(F)F)cc2)c2ccccc21. The van der Waals surface area contributed by atoms with Crippen molar-refractivity contribution in [3.8, 4) is 0 Å². The van der Waals surface area contributed by atoms with E-state index in [9.17, 15) is 26.8 Å². The van der Waals surface area contributed by atoms with Crippen LogP contribution < -0.4 is 11.0 Å².